The molecule has 1 heterocycles. The number of carbonyl (C=O) groups is 1. The molecule has 0 bridgehead atoms. The van der Waals surface area contributed by atoms with Gasteiger partial charge in [-0.05, 0) is 17.7 Å². The molecule has 0 spiro atoms. The Morgan fingerprint density at radius 3 is 2.43 bits per heavy atom. The van der Waals surface area contributed by atoms with Gasteiger partial charge in [0.1, 0.15) is 12.4 Å². The fraction of sp³-hybridized carbons (Fsp3) is 0.118. The van der Waals surface area contributed by atoms with Crippen molar-refractivity contribution in [2.75, 3.05) is 6.61 Å². The van der Waals surface area contributed by atoms with E-state index in [0.29, 0.717) is 12.4 Å². The number of hydrogen-bond acceptors (Lipinski definition) is 3. The predicted molar refractivity (Wildman–Crippen MR) is 83.3 cm³/mol. The highest BCUT2D eigenvalue weighted by Gasteiger charge is 2.22. The summed E-state index contributed by atoms with van der Waals surface area (Å²) in [6.07, 6.45) is 1.01. The van der Waals surface area contributed by atoms with E-state index in [1.165, 1.54) is 6.08 Å². The van der Waals surface area contributed by atoms with Crippen molar-refractivity contribution in [3.63, 3.8) is 0 Å². The Morgan fingerprint density at radius 1 is 1.00 bits per heavy atom. The Bertz CT molecular complexity index is 662. The van der Waals surface area contributed by atoms with E-state index >= 15 is 0 Å². The number of carbonyl (C=O) groups excluding carboxylic acids is 1. The molecule has 0 saturated carbocycles. The third-order valence-corrected chi connectivity index (χ3v) is 3.73. The first-order chi connectivity index (χ1) is 10.2. The fourth-order valence-corrected chi connectivity index (χ4v) is 2.40. The molecule has 0 aromatic heterocycles. The van der Waals surface area contributed by atoms with E-state index in [9.17, 15) is 4.79 Å². The summed E-state index contributed by atoms with van der Waals surface area (Å²) in [6, 6.07) is 17.2. The average molecular weight is 345 g/mol. The van der Waals surface area contributed by atoms with Gasteiger partial charge in [-0.15, -0.1) is 0 Å². The fourth-order valence-electron chi connectivity index (χ4n) is 2.14. The number of halogens is 1. The standard InChI is InChI=1S/C17H13BrO3/c18-14-8-6-13(7-9-14)15-10-17(19)21-16(11-20-15)12-4-2-1-3-5-12/h1-10,16H,11H2. The van der Waals surface area contributed by atoms with Crippen molar-refractivity contribution in [2.45, 2.75) is 6.10 Å². The normalized spacial score (nSPS) is 18.2. The van der Waals surface area contributed by atoms with E-state index < -0.39 is 0 Å². The molecule has 2 aromatic carbocycles. The molecule has 1 aliphatic heterocycles. The van der Waals surface area contributed by atoms with Gasteiger partial charge in [-0.2, -0.15) is 0 Å². The predicted octanol–water partition coefficient (Wildman–Crippen LogP) is 4.10. The largest absolute Gasteiger partial charge is 0.488 e. The van der Waals surface area contributed by atoms with Gasteiger partial charge < -0.3 is 9.47 Å². The minimum atomic E-state index is -0.390. The first-order valence-electron chi connectivity index (χ1n) is 6.58. The van der Waals surface area contributed by atoms with Crippen molar-refractivity contribution in [2.24, 2.45) is 0 Å². The van der Waals surface area contributed by atoms with Gasteiger partial charge in [-0.25, -0.2) is 4.79 Å². The van der Waals surface area contributed by atoms with E-state index in [-0.39, 0.29) is 12.1 Å². The summed E-state index contributed by atoms with van der Waals surface area (Å²) in [5, 5.41) is 0. The van der Waals surface area contributed by atoms with Crippen molar-refractivity contribution in [3.05, 3.63) is 76.3 Å². The van der Waals surface area contributed by atoms with Crippen LogP contribution in [0.3, 0.4) is 0 Å². The van der Waals surface area contributed by atoms with E-state index in [4.69, 9.17) is 9.47 Å². The van der Waals surface area contributed by atoms with E-state index in [0.717, 1.165) is 15.6 Å². The molecular formula is C17H13BrO3. The minimum absolute atomic E-state index is 0.303. The van der Waals surface area contributed by atoms with Crippen LogP contribution >= 0.6 is 15.9 Å². The third kappa shape index (κ3) is 3.34. The van der Waals surface area contributed by atoms with Gasteiger partial charge in [0.05, 0.1) is 6.08 Å². The van der Waals surface area contributed by atoms with Gasteiger partial charge >= 0.3 is 5.97 Å². The van der Waals surface area contributed by atoms with E-state index in [1.54, 1.807) is 0 Å². The molecule has 3 nitrogen and oxygen atoms in total. The van der Waals surface area contributed by atoms with Gasteiger partial charge in [0, 0.05) is 10.0 Å². The summed E-state index contributed by atoms with van der Waals surface area (Å²) in [7, 11) is 0. The van der Waals surface area contributed by atoms with Crippen molar-refractivity contribution in [3.8, 4) is 0 Å². The van der Waals surface area contributed by atoms with Gasteiger partial charge in [-0.1, -0.05) is 58.4 Å². The SMILES string of the molecule is O=C1C=C(c2ccc(Br)cc2)OCC(c2ccccc2)O1. The summed E-state index contributed by atoms with van der Waals surface area (Å²) < 4.78 is 12.2. The lowest BCUT2D eigenvalue weighted by Crippen LogP contribution is -2.11. The lowest BCUT2D eigenvalue weighted by atomic mass is 10.1. The average Bonchev–Trinajstić information content (AvgIpc) is 2.71. The van der Waals surface area contributed by atoms with E-state index in [1.807, 2.05) is 54.6 Å². The molecule has 0 aliphatic carbocycles. The Balaban J connectivity index is 1.81. The first-order valence-corrected chi connectivity index (χ1v) is 7.38. The Kier molecular flexibility index (Phi) is 4.06. The monoisotopic (exact) mass is 344 g/mol. The number of benzene rings is 2. The molecule has 4 heteroatoms. The molecule has 0 amide bonds. The second kappa shape index (κ2) is 6.14. The van der Waals surface area contributed by atoms with Crippen LogP contribution in [0.2, 0.25) is 0 Å². The zero-order valence-corrected chi connectivity index (χ0v) is 12.7. The highest BCUT2D eigenvalue weighted by atomic mass is 79.9. The number of hydrogen-bond donors (Lipinski definition) is 0. The summed E-state index contributed by atoms with van der Waals surface area (Å²) in [5.74, 6) is 0.144. The van der Waals surface area contributed by atoms with Crippen LogP contribution in [0.1, 0.15) is 17.2 Å². The van der Waals surface area contributed by atoms with Gasteiger partial charge in [0.25, 0.3) is 0 Å². The molecule has 0 radical (unpaired) electrons. The van der Waals surface area contributed by atoms with Crippen LogP contribution in [0.25, 0.3) is 5.76 Å². The number of esters is 1. The summed E-state index contributed by atoms with van der Waals surface area (Å²) in [4.78, 5) is 11.9. The molecule has 1 aliphatic rings. The minimum Gasteiger partial charge on any atom is -0.488 e. The number of ether oxygens (including phenoxy) is 2. The van der Waals surface area contributed by atoms with Crippen LogP contribution in [-0.4, -0.2) is 12.6 Å². The summed E-state index contributed by atoms with van der Waals surface area (Å²) in [6.45, 7) is 0.303. The van der Waals surface area contributed by atoms with Crippen molar-refractivity contribution in [1.29, 1.82) is 0 Å². The molecule has 0 N–H and O–H groups in total. The molecular weight excluding hydrogens is 332 g/mol. The van der Waals surface area contributed by atoms with Crippen molar-refractivity contribution < 1.29 is 14.3 Å². The summed E-state index contributed by atoms with van der Waals surface area (Å²) >= 11 is 3.38. The van der Waals surface area contributed by atoms with Crippen LogP contribution in [-0.2, 0) is 14.3 Å². The van der Waals surface area contributed by atoms with Crippen molar-refractivity contribution >= 4 is 27.7 Å². The van der Waals surface area contributed by atoms with Crippen LogP contribution in [0.15, 0.2) is 65.1 Å². The van der Waals surface area contributed by atoms with Gasteiger partial charge in [-0.3, -0.25) is 0 Å². The van der Waals surface area contributed by atoms with Crippen molar-refractivity contribution in [1.82, 2.24) is 0 Å². The first kappa shape index (κ1) is 13.9. The second-order valence-electron chi connectivity index (χ2n) is 4.66. The quantitative estimate of drug-likeness (QED) is 0.769. The lowest BCUT2D eigenvalue weighted by molar-refractivity contribution is -0.144. The zero-order chi connectivity index (χ0) is 14.7. The molecule has 106 valence electrons. The maximum Gasteiger partial charge on any atom is 0.335 e. The molecule has 0 saturated heterocycles. The number of cyclic esters (lactones) is 1. The Hall–Kier alpha value is -2.07. The highest BCUT2D eigenvalue weighted by molar-refractivity contribution is 9.10. The maximum absolute atomic E-state index is 11.9. The van der Waals surface area contributed by atoms with Gasteiger partial charge in [0.15, 0.2) is 6.10 Å². The topological polar surface area (TPSA) is 35.5 Å². The summed E-state index contributed by atoms with van der Waals surface area (Å²) in [5.41, 5.74) is 1.78. The maximum atomic E-state index is 11.9. The van der Waals surface area contributed by atoms with E-state index in [2.05, 4.69) is 15.9 Å². The second-order valence-corrected chi connectivity index (χ2v) is 5.58. The molecule has 3 rings (SSSR count). The van der Waals surface area contributed by atoms with Gasteiger partial charge in [0.2, 0.25) is 0 Å². The Labute approximate surface area is 131 Å². The molecule has 1 unspecified atom stereocenters. The molecule has 2 aromatic rings. The van der Waals surface area contributed by atoms with Crippen LogP contribution in [0.5, 0.6) is 0 Å². The lowest BCUT2D eigenvalue weighted by Gasteiger charge is -2.15. The zero-order valence-electron chi connectivity index (χ0n) is 11.2. The Morgan fingerprint density at radius 2 is 1.71 bits per heavy atom. The molecule has 21 heavy (non-hydrogen) atoms. The smallest absolute Gasteiger partial charge is 0.335 e. The third-order valence-electron chi connectivity index (χ3n) is 3.20. The van der Waals surface area contributed by atoms with Crippen LogP contribution in [0, 0.1) is 0 Å². The van der Waals surface area contributed by atoms with Crippen LogP contribution < -0.4 is 0 Å². The number of rotatable bonds is 2. The molecule has 0 fully saturated rings. The molecule has 1 atom stereocenters. The van der Waals surface area contributed by atoms with Crippen LogP contribution in [0.4, 0.5) is 0 Å². The highest BCUT2D eigenvalue weighted by Crippen LogP contribution is 2.27.